The van der Waals surface area contributed by atoms with Crippen molar-refractivity contribution in [3.8, 4) is 0 Å². The van der Waals surface area contributed by atoms with E-state index in [0.717, 1.165) is 25.1 Å². The number of pyridine rings is 1. The van der Waals surface area contributed by atoms with Crippen LogP contribution >= 0.6 is 0 Å². The topological polar surface area (TPSA) is 45.2 Å². The highest BCUT2D eigenvalue weighted by molar-refractivity contribution is 5.93. The minimum Gasteiger partial charge on any atom is -0.333 e. The van der Waals surface area contributed by atoms with Gasteiger partial charge in [0, 0.05) is 24.8 Å². The Balaban J connectivity index is 2.14. The standard InChI is InChI=1S/C15H23N3O/c1-11(2)18(10-13-7-5-8-16-13)15(19)14-12(3)6-4-9-17-14/h4,6,9,11,13,16H,5,7-8,10H2,1-3H3. The molecule has 1 aromatic rings. The van der Waals surface area contributed by atoms with E-state index in [-0.39, 0.29) is 11.9 Å². The van der Waals surface area contributed by atoms with Gasteiger partial charge >= 0.3 is 0 Å². The van der Waals surface area contributed by atoms with Gasteiger partial charge in [0.2, 0.25) is 0 Å². The zero-order valence-electron chi connectivity index (χ0n) is 12.0. The zero-order chi connectivity index (χ0) is 13.8. The third-order valence-corrected chi connectivity index (χ3v) is 3.68. The second-order valence-corrected chi connectivity index (χ2v) is 5.51. The molecule has 1 atom stereocenters. The van der Waals surface area contributed by atoms with Gasteiger partial charge in [0.05, 0.1) is 0 Å². The summed E-state index contributed by atoms with van der Waals surface area (Å²) in [4.78, 5) is 18.8. The summed E-state index contributed by atoms with van der Waals surface area (Å²) >= 11 is 0. The van der Waals surface area contributed by atoms with Crippen molar-refractivity contribution in [1.82, 2.24) is 15.2 Å². The Morgan fingerprint density at radius 3 is 2.95 bits per heavy atom. The molecule has 0 bridgehead atoms. The molecule has 1 aromatic heterocycles. The second kappa shape index (κ2) is 6.15. The lowest BCUT2D eigenvalue weighted by Gasteiger charge is -2.29. The first-order valence-corrected chi connectivity index (χ1v) is 7.05. The molecule has 1 N–H and O–H groups in total. The molecule has 0 aliphatic carbocycles. The highest BCUT2D eigenvalue weighted by Gasteiger charge is 2.25. The number of rotatable bonds is 4. The van der Waals surface area contributed by atoms with Crippen molar-refractivity contribution in [2.45, 2.75) is 45.7 Å². The summed E-state index contributed by atoms with van der Waals surface area (Å²) in [6.45, 7) is 7.89. The summed E-state index contributed by atoms with van der Waals surface area (Å²) in [5, 5.41) is 3.45. The van der Waals surface area contributed by atoms with Gasteiger partial charge < -0.3 is 10.2 Å². The molecule has 19 heavy (non-hydrogen) atoms. The molecule has 0 radical (unpaired) electrons. The summed E-state index contributed by atoms with van der Waals surface area (Å²) < 4.78 is 0. The first-order valence-electron chi connectivity index (χ1n) is 7.05. The molecule has 1 unspecified atom stereocenters. The SMILES string of the molecule is Cc1cccnc1C(=O)N(CC1CCCN1)C(C)C. The normalized spacial score (nSPS) is 18.8. The van der Waals surface area contributed by atoms with Gasteiger partial charge in [-0.05, 0) is 51.8 Å². The number of hydrogen-bond acceptors (Lipinski definition) is 3. The van der Waals surface area contributed by atoms with Crippen LogP contribution in [-0.2, 0) is 0 Å². The van der Waals surface area contributed by atoms with Crippen LogP contribution in [0.1, 0.15) is 42.7 Å². The molecule has 0 aromatic carbocycles. The van der Waals surface area contributed by atoms with Crippen LogP contribution in [0, 0.1) is 6.92 Å². The van der Waals surface area contributed by atoms with Gasteiger partial charge in [-0.3, -0.25) is 9.78 Å². The number of aryl methyl sites for hydroxylation is 1. The van der Waals surface area contributed by atoms with Crippen LogP contribution in [0.15, 0.2) is 18.3 Å². The fraction of sp³-hybridized carbons (Fsp3) is 0.600. The first kappa shape index (κ1) is 14.0. The van der Waals surface area contributed by atoms with E-state index in [2.05, 4.69) is 24.1 Å². The molecular formula is C15H23N3O. The van der Waals surface area contributed by atoms with Crippen molar-refractivity contribution >= 4 is 5.91 Å². The van der Waals surface area contributed by atoms with E-state index in [4.69, 9.17) is 0 Å². The van der Waals surface area contributed by atoms with Crippen LogP contribution in [0.2, 0.25) is 0 Å². The number of hydrogen-bond donors (Lipinski definition) is 1. The number of aromatic nitrogens is 1. The molecule has 1 fully saturated rings. The predicted octanol–water partition coefficient (Wildman–Crippen LogP) is 1.99. The lowest BCUT2D eigenvalue weighted by Crippen LogP contribution is -2.45. The summed E-state index contributed by atoms with van der Waals surface area (Å²) in [5.74, 6) is 0.0433. The van der Waals surface area contributed by atoms with Crippen molar-refractivity contribution in [1.29, 1.82) is 0 Å². The van der Waals surface area contributed by atoms with E-state index >= 15 is 0 Å². The minimum absolute atomic E-state index is 0.0433. The summed E-state index contributed by atoms with van der Waals surface area (Å²) in [5.41, 5.74) is 1.52. The van der Waals surface area contributed by atoms with Gasteiger partial charge in [0.25, 0.3) is 5.91 Å². The van der Waals surface area contributed by atoms with Crippen LogP contribution in [0.25, 0.3) is 0 Å². The summed E-state index contributed by atoms with van der Waals surface area (Å²) in [6, 6.07) is 4.42. The quantitative estimate of drug-likeness (QED) is 0.901. The van der Waals surface area contributed by atoms with Crippen LogP contribution in [0.3, 0.4) is 0 Å². The molecule has 0 spiro atoms. The Morgan fingerprint density at radius 1 is 1.58 bits per heavy atom. The molecule has 4 nitrogen and oxygen atoms in total. The van der Waals surface area contributed by atoms with E-state index in [0.29, 0.717) is 11.7 Å². The Kier molecular flexibility index (Phi) is 4.53. The average Bonchev–Trinajstić information content (AvgIpc) is 2.88. The number of carbonyl (C=O) groups is 1. The maximum atomic E-state index is 12.6. The molecule has 1 amide bonds. The highest BCUT2D eigenvalue weighted by Crippen LogP contribution is 2.14. The van der Waals surface area contributed by atoms with Gasteiger partial charge in [0.1, 0.15) is 5.69 Å². The Labute approximate surface area is 115 Å². The maximum absolute atomic E-state index is 12.6. The molecule has 2 heterocycles. The van der Waals surface area contributed by atoms with Gasteiger partial charge in [-0.1, -0.05) is 6.07 Å². The Bertz CT molecular complexity index is 439. The van der Waals surface area contributed by atoms with Gasteiger partial charge in [-0.25, -0.2) is 0 Å². The molecule has 1 aliphatic heterocycles. The van der Waals surface area contributed by atoms with Crippen molar-refractivity contribution in [3.63, 3.8) is 0 Å². The maximum Gasteiger partial charge on any atom is 0.273 e. The zero-order valence-corrected chi connectivity index (χ0v) is 12.0. The summed E-state index contributed by atoms with van der Waals surface area (Å²) in [6.07, 6.45) is 4.04. The molecule has 2 rings (SSSR count). The van der Waals surface area contributed by atoms with E-state index in [1.165, 1.54) is 6.42 Å². The lowest BCUT2D eigenvalue weighted by molar-refractivity contribution is 0.0682. The molecule has 104 valence electrons. The van der Waals surface area contributed by atoms with E-state index < -0.39 is 0 Å². The van der Waals surface area contributed by atoms with Crippen molar-refractivity contribution in [2.24, 2.45) is 0 Å². The molecular weight excluding hydrogens is 238 g/mol. The highest BCUT2D eigenvalue weighted by atomic mass is 16.2. The number of nitrogens with one attached hydrogen (secondary N) is 1. The number of nitrogens with zero attached hydrogens (tertiary/aromatic N) is 2. The van der Waals surface area contributed by atoms with Crippen molar-refractivity contribution < 1.29 is 4.79 Å². The van der Waals surface area contributed by atoms with Crippen LogP contribution in [-0.4, -0.2) is 41.0 Å². The van der Waals surface area contributed by atoms with Crippen LogP contribution in [0.4, 0.5) is 0 Å². The molecule has 4 heteroatoms. The van der Waals surface area contributed by atoms with Gasteiger partial charge in [0.15, 0.2) is 0 Å². The van der Waals surface area contributed by atoms with E-state index in [9.17, 15) is 4.79 Å². The fourth-order valence-electron chi connectivity index (χ4n) is 2.52. The largest absolute Gasteiger partial charge is 0.333 e. The lowest BCUT2D eigenvalue weighted by atomic mass is 10.1. The van der Waals surface area contributed by atoms with Crippen molar-refractivity contribution in [2.75, 3.05) is 13.1 Å². The predicted molar refractivity (Wildman–Crippen MR) is 76.2 cm³/mol. The van der Waals surface area contributed by atoms with Gasteiger partial charge in [-0.2, -0.15) is 0 Å². The minimum atomic E-state index is 0.0433. The van der Waals surface area contributed by atoms with Gasteiger partial charge in [-0.15, -0.1) is 0 Å². The Hall–Kier alpha value is -1.42. The van der Waals surface area contributed by atoms with E-state index in [1.807, 2.05) is 24.0 Å². The summed E-state index contributed by atoms with van der Waals surface area (Å²) in [7, 11) is 0. The fourth-order valence-corrected chi connectivity index (χ4v) is 2.52. The molecule has 1 aliphatic rings. The molecule has 0 saturated carbocycles. The first-order chi connectivity index (χ1) is 9.09. The number of carbonyl (C=O) groups excluding carboxylic acids is 1. The van der Waals surface area contributed by atoms with E-state index in [1.54, 1.807) is 6.20 Å². The number of amides is 1. The Morgan fingerprint density at radius 2 is 2.37 bits per heavy atom. The molecule has 1 saturated heterocycles. The van der Waals surface area contributed by atoms with Crippen molar-refractivity contribution in [3.05, 3.63) is 29.6 Å². The third-order valence-electron chi connectivity index (χ3n) is 3.68. The average molecular weight is 261 g/mol. The second-order valence-electron chi connectivity index (χ2n) is 5.51. The third kappa shape index (κ3) is 3.32. The smallest absolute Gasteiger partial charge is 0.273 e. The van der Waals surface area contributed by atoms with Crippen LogP contribution < -0.4 is 5.32 Å². The monoisotopic (exact) mass is 261 g/mol. The van der Waals surface area contributed by atoms with Crippen LogP contribution in [0.5, 0.6) is 0 Å².